The SMILES string of the molecule is CCN(Cc1cc(C(=O)NCCCCCCN(C(C)=O)c2ccc3cc(OC)ccc3c2)cc(Br)c1N)C1CCCCC1. The van der Waals surface area contributed by atoms with Crippen molar-refractivity contribution < 1.29 is 14.3 Å². The average molecular weight is 652 g/mol. The first kappa shape index (κ1) is 32.8. The van der Waals surface area contributed by atoms with Gasteiger partial charge in [-0.2, -0.15) is 0 Å². The van der Waals surface area contributed by atoms with E-state index in [-0.39, 0.29) is 11.8 Å². The minimum Gasteiger partial charge on any atom is -0.497 e. The fourth-order valence-electron chi connectivity index (χ4n) is 6.13. The van der Waals surface area contributed by atoms with Gasteiger partial charge in [0.05, 0.1) is 12.8 Å². The summed E-state index contributed by atoms with van der Waals surface area (Å²) in [6.07, 6.45) is 10.1. The molecule has 4 rings (SSSR count). The van der Waals surface area contributed by atoms with E-state index in [0.29, 0.717) is 30.4 Å². The van der Waals surface area contributed by atoms with E-state index in [2.05, 4.69) is 39.1 Å². The monoisotopic (exact) mass is 650 g/mol. The van der Waals surface area contributed by atoms with Crippen molar-refractivity contribution in [2.24, 2.45) is 0 Å². The predicted molar refractivity (Wildman–Crippen MR) is 181 cm³/mol. The van der Waals surface area contributed by atoms with Gasteiger partial charge in [-0.05, 0) is 101 Å². The van der Waals surface area contributed by atoms with Crippen LogP contribution >= 0.6 is 15.9 Å². The number of amides is 2. The molecule has 0 unspecified atom stereocenters. The summed E-state index contributed by atoms with van der Waals surface area (Å²) < 4.78 is 6.09. The summed E-state index contributed by atoms with van der Waals surface area (Å²) in [6.45, 7) is 6.84. The van der Waals surface area contributed by atoms with Gasteiger partial charge in [-0.3, -0.25) is 14.5 Å². The van der Waals surface area contributed by atoms with E-state index in [1.165, 1.54) is 32.1 Å². The van der Waals surface area contributed by atoms with Crippen LogP contribution in [0.25, 0.3) is 10.8 Å². The lowest BCUT2D eigenvalue weighted by molar-refractivity contribution is -0.116. The smallest absolute Gasteiger partial charge is 0.251 e. The number of hydrogen-bond acceptors (Lipinski definition) is 5. The number of nitrogens with zero attached hydrogens (tertiary/aromatic N) is 2. The van der Waals surface area contributed by atoms with E-state index in [4.69, 9.17) is 10.5 Å². The molecule has 7 nitrogen and oxygen atoms in total. The van der Waals surface area contributed by atoms with Crippen molar-refractivity contribution in [3.05, 3.63) is 64.1 Å². The van der Waals surface area contributed by atoms with Crippen LogP contribution in [0.1, 0.15) is 87.6 Å². The van der Waals surface area contributed by atoms with Crippen LogP contribution in [0.3, 0.4) is 0 Å². The number of carbonyl (C=O) groups excluding carboxylic acids is 2. The molecule has 0 radical (unpaired) electrons. The highest BCUT2D eigenvalue weighted by Crippen LogP contribution is 2.30. The summed E-state index contributed by atoms with van der Waals surface area (Å²) in [5.74, 6) is 0.786. The van der Waals surface area contributed by atoms with E-state index in [1.54, 1.807) is 14.0 Å². The van der Waals surface area contributed by atoms with Crippen LogP contribution in [0.4, 0.5) is 11.4 Å². The highest BCUT2D eigenvalue weighted by atomic mass is 79.9. The van der Waals surface area contributed by atoms with E-state index >= 15 is 0 Å². The Hall–Kier alpha value is -3.10. The van der Waals surface area contributed by atoms with Gasteiger partial charge < -0.3 is 20.7 Å². The second-order valence-corrected chi connectivity index (χ2v) is 12.5. The minimum absolute atomic E-state index is 0.0370. The normalized spacial score (nSPS) is 13.8. The maximum atomic E-state index is 13.0. The lowest BCUT2D eigenvalue weighted by Crippen LogP contribution is -2.36. The predicted octanol–water partition coefficient (Wildman–Crippen LogP) is 7.69. The number of carbonyl (C=O) groups is 2. The van der Waals surface area contributed by atoms with Crippen LogP contribution in [-0.2, 0) is 11.3 Å². The highest BCUT2D eigenvalue weighted by Gasteiger charge is 2.22. The molecule has 1 aliphatic rings. The van der Waals surface area contributed by atoms with E-state index in [0.717, 1.165) is 71.0 Å². The number of unbranched alkanes of at least 4 members (excludes halogenated alkanes) is 3. The fraction of sp³-hybridized carbons (Fsp3) is 0.486. The Kier molecular flexibility index (Phi) is 12.3. The van der Waals surface area contributed by atoms with Crippen LogP contribution in [-0.4, -0.2) is 49.5 Å². The number of fused-ring (bicyclic) bond motifs is 1. The van der Waals surface area contributed by atoms with E-state index in [9.17, 15) is 9.59 Å². The average Bonchev–Trinajstić information content (AvgIpc) is 3.02. The largest absolute Gasteiger partial charge is 0.497 e. The maximum absolute atomic E-state index is 13.0. The Labute approximate surface area is 265 Å². The molecule has 3 N–H and O–H groups in total. The lowest BCUT2D eigenvalue weighted by Gasteiger charge is -2.34. The molecule has 3 aromatic rings. The summed E-state index contributed by atoms with van der Waals surface area (Å²) in [5.41, 5.74) is 9.70. The second-order valence-electron chi connectivity index (χ2n) is 11.6. The van der Waals surface area contributed by atoms with Gasteiger partial charge in [0, 0.05) is 48.3 Å². The number of rotatable bonds is 14. The van der Waals surface area contributed by atoms with Crippen LogP contribution in [0, 0.1) is 0 Å². The number of ether oxygens (including phenoxy) is 1. The Morgan fingerprint density at radius 1 is 0.977 bits per heavy atom. The molecule has 0 aromatic heterocycles. The summed E-state index contributed by atoms with van der Waals surface area (Å²) in [7, 11) is 1.66. The Balaban J connectivity index is 1.23. The van der Waals surface area contributed by atoms with Crippen LogP contribution < -0.4 is 20.7 Å². The first-order valence-corrected chi connectivity index (χ1v) is 16.6. The molecule has 8 heteroatoms. The number of nitrogens with two attached hydrogens (primary N) is 1. The summed E-state index contributed by atoms with van der Waals surface area (Å²) in [4.78, 5) is 29.8. The molecule has 0 bridgehead atoms. The first-order valence-electron chi connectivity index (χ1n) is 15.8. The number of halogens is 1. The second kappa shape index (κ2) is 16.1. The van der Waals surface area contributed by atoms with Crippen molar-refractivity contribution in [1.29, 1.82) is 0 Å². The van der Waals surface area contributed by atoms with Crippen molar-refractivity contribution >= 4 is 49.9 Å². The zero-order valence-corrected chi connectivity index (χ0v) is 27.5. The van der Waals surface area contributed by atoms with Gasteiger partial charge in [-0.1, -0.05) is 51.2 Å². The molecule has 3 aromatic carbocycles. The van der Waals surface area contributed by atoms with Crippen molar-refractivity contribution in [1.82, 2.24) is 10.2 Å². The number of hydrogen-bond donors (Lipinski definition) is 2. The fourth-order valence-corrected chi connectivity index (χ4v) is 6.63. The Morgan fingerprint density at radius 2 is 1.70 bits per heavy atom. The minimum atomic E-state index is -0.0701. The third kappa shape index (κ3) is 8.96. The van der Waals surface area contributed by atoms with Crippen LogP contribution in [0.15, 0.2) is 53.0 Å². The Morgan fingerprint density at radius 3 is 2.42 bits per heavy atom. The number of nitrogens with one attached hydrogen (secondary N) is 1. The lowest BCUT2D eigenvalue weighted by atomic mass is 9.93. The van der Waals surface area contributed by atoms with E-state index in [1.807, 2.05) is 47.4 Å². The van der Waals surface area contributed by atoms with Gasteiger partial charge in [0.25, 0.3) is 5.91 Å². The molecule has 43 heavy (non-hydrogen) atoms. The van der Waals surface area contributed by atoms with Crippen molar-refractivity contribution in [2.45, 2.75) is 84.2 Å². The number of methoxy groups -OCH3 is 1. The summed E-state index contributed by atoms with van der Waals surface area (Å²) in [6, 6.07) is 16.4. The molecular formula is C35H47BrN4O3. The highest BCUT2D eigenvalue weighted by molar-refractivity contribution is 9.10. The van der Waals surface area contributed by atoms with Gasteiger partial charge in [-0.25, -0.2) is 0 Å². The zero-order valence-electron chi connectivity index (χ0n) is 26.0. The van der Waals surface area contributed by atoms with Gasteiger partial charge in [-0.15, -0.1) is 0 Å². The van der Waals surface area contributed by atoms with Crippen molar-refractivity contribution in [2.75, 3.05) is 37.4 Å². The quantitative estimate of drug-likeness (QED) is 0.138. The zero-order chi connectivity index (χ0) is 30.8. The standard InChI is InChI=1S/C35H47BrN4O3/c1-4-39(30-12-8-7-9-13-30)24-29-20-28(23-33(36)34(29)37)35(42)38-18-10-5-6-11-19-40(25(2)41)31-16-14-27-22-32(43-3)17-15-26(27)21-31/h14-17,20-23,30H,4-13,18-19,24,37H2,1-3H3,(H,38,42). The van der Waals surface area contributed by atoms with Crippen molar-refractivity contribution in [3.8, 4) is 5.75 Å². The number of nitrogen functional groups attached to an aromatic ring is 1. The Bertz CT molecular complexity index is 1390. The molecule has 0 aliphatic heterocycles. The molecule has 1 fully saturated rings. The van der Waals surface area contributed by atoms with Crippen molar-refractivity contribution in [3.63, 3.8) is 0 Å². The van der Waals surface area contributed by atoms with Crippen LogP contribution in [0.2, 0.25) is 0 Å². The molecule has 0 atom stereocenters. The maximum Gasteiger partial charge on any atom is 0.251 e. The van der Waals surface area contributed by atoms with Gasteiger partial charge in [0.2, 0.25) is 5.91 Å². The molecule has 232 valence electrons. The van der Waals surface area contributed by atoms with E-state index < -0.39 is 0 Å². The molecule has 0 saturated heterocycles. The van der Waals surface area contributed by atoms with Gasteiger partial charge >= 0.3 is 0 Å². The molecule has 2 amide bonds. The number of benzene rings is 3. The summed E-state index contributed by atoms with van der Waals surface area (Å²) >= 11 is 3.58. The first-order chi connectivity index (χ1) is 20.8. The summed E-state index contributed by atoms with van der Waals surface area (Å²) in [5, 5.41) is 5.24. The molecule has 0 spiro atoms. The molecular weight excluding hydrogens is 604 g/mol. The molecule has 1 aliphatic carbocycles. The van der Waals surface area contributed by atoms with Gasteiger partial charge in [0.15, 0.2) is 0 Å². The molecule has 1 saturated carbocycles. The molecule has 0 heterocycles. The van der Waals surface area contributed by atoms with Crippen LogP contribution in [0.5, 0.6) is 5.75 Å². The third-order valence-electron chi connectivity index (χ3n) is 8.66. The number of anilines is 2. The van der Waals surface area contributed by atoms with Gasteiger partial charge in [0.1, 0.15) is 5.75 Å². The third-order valence-corrected chi connectivity index (χ3v) is 9.32. The topological polar surface area (TPSA) is 87.9 Å².